The van der Waals surface area contributed by atoms with Gasteiger partial charge in [-0.25, -0.2) is 4.98 Å². The summed E-state index contributed by atoms with van der Waals surface area (Å²) in [6.45, 7) is 3.44. The molecule has 0 spiro atoms. The molecular weight excluding hydrogens is 438 g/mol. The largest absolute Gasteiger partial charge is 0.454 e. The fraction of sp³-hybridized carbons (Fsp3) is 0.200. The van der Waals surface area contributed by atoms with Gasteiger partial charge in [0.15, 0.2) is 11.5 Å². The standard InChI is InChI=1S/C25H23N3O4S/c1-16-21(13-28(2)12-17-6-5-9-22-23(17)31-15-30-22)27-25(32-16)19-7-3-4-8-20(19)26-24(29)18-10-11-33-14-18/h3-11,14H,12-13,15H2,1-2H3,(H,26,29). The number of anilines is 1. The van der Waals surface area contributed by atoms with Gasteiger partial charge in [-0.15, -0.1) is 0 Å². The summed E-state index contributed by atoms with van der Waals surface area (Å²) in [6, 6.07) is 15.2. The molecule has 1 aliphatic heterocycles. The van der Waals surface area contributed by atoms with E-state index < -0.39 is 0 Å². The van der Waals surface area contributed by atoms with Gasteiger partial charge >= 0.3 is 0 Å². The molecule has 1 N–H and O–H groups in total. The smallest absolute Gasteiger partial charge is 0.256 e. The molecule has 1 aliphatic rings. The van der Waals surface area contributed by atoms with Gasteiger partial charge in [-0.2, -0.15) is 11.3 Å². The van der Waals surface area contributed by atoms with Crippen molar-refractivity contribution in [1.82, 2.24) is 9.88 Å². The molecule has 8 heteroatoms. The van der Waals surface area contributed by atoms with Crippen LogP contribution in [0.5, 0.6) is 11.5 Å². The maximum atomic E-state index is 12.5. The quantitative estimate of drug-likeness (QED) is 0.401. The van der Waals surface area contributed by atoms with Gasteiger partial charge in [0.2, 0.25) is 12.7 Å². The molecule has 0 radical (unpaired) electrons. The molecule has 0 fully saturated rings. The van der Waals surface area contributed by atoms with E-state index in [1.807, 2.05) is 67.2 Å². The van der Waals surface area contributed by atoms with Crippen LogP contribution in [0, 0.1) is 6.92 Å². The molecule has 2 aromatic heterocycles. The minimum Gasteiger partial charge on any atom is -0.454 e. The Hall–Kier alpha value is -3.62. The number of carbonyl (C=O) groups excluding carboxylic acids is 1. The predicted octanol–water partition coefficient (Wildman–Crippen LogP) is 5.32. The first kappa shape index (κ1) is 21.2. The zero-order valence-corrected chi connectivity index (χ0v) is 19.1. The number of nitrogens with one attached hydrogen (secondary N) is 1. The number of nitrogens with zero attached hydrogens (tertiary/aromatic N) is 2. The summed E-state index contributed by atoms with van der Waals surface area (Å²) in [5.74, 6) is 2.65. The van der Waals surface area contributed by atoms with Crippen LogP contribution in [0.3, 0.4) is 0 Å². The van der Waals surface area contributed by atoms with Gasteiger partial charge in [-0.3, -0.25) is 9.69 Å². The van der Waals surface area contributed by atoms with Crippen molar-refractivity contribution in [1.29, 1.82) is 0 Å². The number of rotatable bonds is 7. The molecule has 0 saturated carbocycles. The third-order valence-corrected chi connectivity index (χ3v) is 6.10. The zero-order valence-electron chi connectivity index (χ0n) is 18.3. The topological polar surface area (TPSA) is 76.8 Å². The monoisotopic (exact) mass is 461 g/mol. The number of thiophene rings is 1. The molecule has 168 valence electrons. The number of fused-ring (bicyclic) bond motifs is 1. The minimum atomic E-state index is -0.159. The van der Waals surface area contributed by atoms with Gasteiger partial charge in [-0.05, 0) is 43.6 Å². The van der Waals surface area contributed by atoms with E-state index in [-0.39, 0.29) is 12.7 Å². The van der Waals surface area contributed by atoms with Gasteiger partial charge in [0, 0.05) is 24.0 Å². The van der Waals surface area contributed by atoms with E-state index >= 15 is 0 Å². The van der Waals surface area contributed by atoms with Crippen LogP contribution in [-0.4, -0.2) is 29.6 Å². The Labute approximate surface area is 195 Å². The molecule has 1 amide bonds. The van der Waals surface area contributed by atoms with E-state index in [4.69, 9.17) is 18.9 Å². The summed E-state index contributed by atoms with van der Waals surface area (Å²) < 4.78 is 17.1. The average Bonchev–Trinajstić information content (AvgIpc) is 3.56. The second-order valence-corrected chi connectivity index (χ2v) is 8.64. The van der Waals surface area contributed by atoms with Crippen LogP contribution < -0.4 is 14.8 Å². The van der Waals surface area contributed by atoms with Crippen molar-refractivity contribution in [2.45, 2.75) is 20.0 Å². The van der Waals surface area contributed by atoms with Crippen molar-refractivity contribution >= 4 is 22.9 Å². The number of benzene rings is 2. The highest BCUT2D eigenvalue weighted by Gasteiger charge is 2.20. The highest BCUT2D eigenvalue weighted by molar-refractivity contribution is 7.08. The van der Waals surface area contributed by atoms with E-state index in [0.29, 0.717) is 30.2 Å². The number of oxazole rings is 1. The average molecular weight is 462 g/mol. The summed E-state index contributed by atoms with van der Waals surface area (Å²) in [5, 5.41) is 6.67. The second-order valence-electron chi connectivity index (χ2n) is 7.86. The number of amides is 1. The fourth-order valence-electron chi connectivity index (χ4n) is 3.77. The Balaban J connectivity index is 1.33. The maximum absolute atomic E-state index is 12.5. The third kappa shape index (κ3) is 4.48. The van der Waals surface area contributed by atoms with Gasteiger partial charge < -0.3 is 19.2 Å². The number of hydrogen-bond donors (Lipinski definition) is 1. The van der Waals surface area contributed by atoms with Gasteiger partial charge in [0.05, 0.1) is 22.5 Å². The first-order valence-electron chi connectivity index (χ1n) is 10.5. The van der Waals surface area contributed by atoms with Gasteiger partial charge in [0.25, 0.3) is 5.91 Å². The molecule has 0 atom stereocenters. The van der Waals surface area contributed by atoms with Crippen LogP contribution in [-0.2, 0) is 13.1 Å². The third-order valence-electron chi connectivity index (χ3n) is 5.42. The molecule has 0 aliphatic carbocycles. The second kappa shape index (κ2) is 9.09. The Morgan fingerprint density at radius 1 is 1.12 bits per heavy atom. The Morgan fingerprint density at radius 2 is 2.00 bits per heavy atom. The van der Waals surface area contributed by atoms with Crippen molar-refractivity contribution in [2.75, 3.05) is 19.2 Å². The number of hydrogen-bond acceptors (Lipinski definition) is 7. The summed E-state index contributed by atoms with van der Waals surface area (Å²) >= 11 is 1.49. The molecule has 0 saturated heterocycles. The molecule has 0 unspecified atom stereocenters. The van der Waals surface area contributed by atoms with E-state index in [0.717, 1.165) is 34.1 Å². The highest BCUT2D eigenvalue weighted by Crippen LogP contribution is 2.36. The van der Waals surface area contributed by atoms with Gasteiger partial charge in [-0.1, -0.05) is 24.3 Å². The molecule has 5 rings (SSSR count). The van der Waals surface area contributed by atoms with Crippen LogP contribution in [0.1, 0.15) is 27.4 Å². The van der Waals surface area contributed by atoms with Crippen LogP contribution in [0.4, 0.5) is 5.69 Å². The molecule has 3 heterocycles. The Bertz CT molecular complexity index is 1280. The predicted molar refractivity (Wildman–Crippen MR) is 127 cm³/mol. The summed E-state index contributed by atoms with van der Waals surface area (Å²) in [4.78, 5) is 19.4. The number of aryl methyl sites for hydroxylation is 1. The van der Waals surface area contributed by atoms with Crippen LogP contribution in [0.15, 0.2) is 63.7 Å². The normalized spacial score (nSPS) is 12.3. The van der Waals surface area contributed by atoms with Crippen molar-refractivity contribution < 1.29 is 18.7 Å². The summed E-state index contributed by atoms with van der Waals surface area (Å²) in [7, 11) is 2.03. The Kier molecular flexibility index (Phi) is 5.85. The first-order chi connectivity index (χ1) is 16.1. The van der Waals surface area contributed by atoms with E-state index in [1.165, 1.54) is 11.3 Å². The fourth-order valence-corrected chi connectivity index (χ4v) is 4.41. The summed E-state index contributed by atoms with van der Waals surface area (Å²) in [5.41, 5.74) is 3.94. The lowest BCUT2D eigenvalue weighted by molar-refractivity contribution is 0.102. The molecule has 2 aromatic carbocycles. The van der Waals surface area contributed by atoms with Crippen molar-refractivity contribution in [3.05, 3.63) is 81.9 Å². The van der Waals surface area contributed by atoms with Gasteiger partial charge in [0.1, 0.15) is 5.76 Å². The first-order valence-corrected chi connectivity index (χ1v) is 11.5. The van der Waals surface area contributed by atoms with Crippen LogP contribution >= 0.6 is 11.3 Å². The van der Waals surface area contributed by atoms with Crippen molar-refractivity contribution in [3.63, 3.8) is 0 Å². The van der Waals surface area contributed by atoms with Crippen molar-refractivity contribution in [3.8, 4) is 23.0 Å². The Morgan fingerprint density at radius 3 is 2.85 bits per heavy atom. The maximum Gasteiger partial charge on any atom is 0.256 e. The van der Waals surface area contributed by atoms with Crippen molar-refractivity contribution in [2.24, 2.45) is 0 Å². The number of ether oxygens (including phenoxy) is 2. The molecule has 0 bridgehead atoms. The van der Waals surface area contributed by atoms with E-state index in [9.17, 15) is 4.79 Å². The lowest BCUT2D eigenvalue weighted by atomic mass is 10.1. The molecular formula is C25H23N3O4S. The summed E-state index contributed by atoms with van der Waals surface area (Å²) in [6.07, 6.45) is 0. The number of carbonyl (C=O) groups is 1. The molecule has 4 aromatic rings. The zero-order chi connectivity index (χ0) is 22.8. The highest BCUT2D eigenvalue weighted by atomic mass is 32.1. The van der Waals surface area contributed by atoms with Crippen LogP contribution in [0.25, 0.3) is 11.5 Å². The lowest BCUT2D eigenvalue weighted by Gasteiger charge is -2.16. The molecule has 7 nitrogen and oxygen atoms in total. The molecule has 33 heavy (non-hydrogen) atoms. The van der Waals surface area contributed by atoms with E-state index in [2.05, 4.69) is 10.2 Å². The minimum absolute atomic E-state index is 0.159. The lowest BCUT2D eigenvalue weighted by Crippen LogP contribution is -2.18. The SMILES string of the molecule is Cc1oc(-c2ccccc2NC(=O)c2ccsc2)nc1CN(C)Cc1cccc2c1OCO2. The van der Waals surface area contributed by atoms with Crippen LogP contribution in [0.2, 0.25) is 0 Å². The number of aromatic nitrogens is 1. The number of para-hydroxylation sites is 2. The van der Waals surface area contributed by atoms with E-state index in [1.54, 1.807) is 6.07 Å².